The lowest BCUT2D eigenvalue weighted by Crippen LogP contribution is -2.13. The highest BCUT2D eigenvalue weighted by Crippen LogP contribution is 2.39. The van der Waals surface area contributed by atoms with Crippen LogP contribution in [-0.2, 0) is 12.8 Å². The van der Waals surface area contributed by atoms with E-state index in [-0.39, 0.29) is 5.82 Å². The molecule has 184 valence electrons. The molecule has 3 aromatic rings. The predicted molar refractivity (Wildman–Crippen MR) is 136 cm³/mol. The van der Waals surface area contributed by atoms with E-state index >= 15 is 4.39 Å². The molecule has 0 N–H and O–H groups in total. The summed E-state index contributed by atoms with van der Waals surface area (Å²) in [6.45, 7) is 2.25. The second kappa shape index (κ2) is 11.8. The lowest BCUT2D eigenvalue weighted by molar-refractivity contribution is 0.302. The number of hydrogen-bond donors (Lipinski definition) is 0. The van der Waals surface area contributed by atoms with E-state index in [4.69, 9.17) is 5.26 Å². The zero-order chi connectivity index (χ0) is 24.8. The largest absolute Gasteiger partial charge is 0.206 e. The number of unbranched alkanes of at least 4 members (excludes halogenated alkanes) is 3. The molecule has 0 amide bonds. The van der Waals surface area contributed by atoms with Gasteiger partial charge in [-0.3, -0.25) is 0 Å². The lowest BCUT2D eigenvalue weighted by atomic mass is 9.76. The minimum atomic E-state index is -0.875. The van der Waals surface area contributed by atoms with Crippen LogP contribution in [0.4, 0.5) is 13.2 Å². The Hall–Kier alpha value is -2.80. The Labute approximate surface area is 207 Å². The molecule has 1 fully saturated rings. The van der Waals surface area contributed by atoms with Crippen molar-refractivity contribution in [2.45, 2.75) is 83.5 Å². The molecule has 0 aromatic heterocycles. The molecule has 1 aliphatic rings. The van der Waals surface area contributed by atoms with Crippen LogP contribution in [0.3, 0.4) is 0 Å². The minimum absolute atomic E-state index is 0.264. The zero-order valence-electron chi connectivity index (χ0n) is 20.6. The molecule has 0 bridgehead atoms. The summed E-state index contributed by atoms with van der Waals surface area (Å²) in [5.41, 5.74) is 1.66. The number of halogens is 3. The Morgan fingerprint density at radius 3 is 2.29 bits per heavy atom. The number of hydrogen-bond acceptors (Lipinski definition) is 1. The highest BCUT2D eigenvalue weighted by atomic mass is 19.1. The van der Waals surface area contributed by atoms with Gasteiger partial charge in [-0.1, -0.05) is 69.4 Å². The summed E-state index contributed by atoms with van der Waals surface area (Å²) >= 11 is 0. The summed E-state index contributed by atoms with van der Waals surface area (Å²) in [6, 6.07) is 13.7. The Bertz CT molecular complexity index is 1180. The zero-order valence-corrected chi connectivity index (χ0v) is 20.6. The molecule has 4 rings (SSSR count). The van der Waals surface area contributed by atoms with E-state index in [0.29, 0.717) is 35.3 Å². The van der Waals surface area contributed by atoms with Gasteiger partial charge in [-0.15, -0.1) is 0 Å². The molecule has 0 saturated heterocycles. The summed E-state index contributed by atoms with van der Waals surface area (Å²) in [5.74, 6) is -0.602. The molecule has 0 spiro atoms. The van der Waals surface area contributed by atoms with E-state index in [1.807, 2.05) is 12.1 Å². The normalized spacial score (nSPS) is 18.0. The van der Waals surface area contributed by atoms with Gasteiger partial charge in [-0.05, 0) is 84.6 Å². The molecule has 1 nitrogen and oxygen atoms in total. The number of rotatable bonds is 9. The van der Waals surface area contributed by atoms with Crippen molar-refractivity contribution in [3.05, 3.63) is 82.2 Å². The first-order valence-corrected chi connectivity index (χ1v) is 13.1. The molecular weight excluding hydrogens is 443 g/mol. The lowest BCUT2D eigenvalue weighted by Gasteiger charge is -2.29. The molecule has 0 radical (unpaired) electrons. The van der Waals surface area contributed by atoms with Crippen LogP contribution in [0.2, 0.25) is 0 Å². The Morgan fingerprint density at radius 1 is 0.857 bits per heavy atom. The third-order valence-corrected chi connectivity index (χ3v) is 7.74. The number of nitriles is 1. The average molecular weight is 478 g/mol. The minimum Gasteiger partial charge on any atom is -0.206 e. The Morgan fingerprint density at radius 2 is 1.60 bits per heavy atom. The van der Waals surface area contributed by atoms with Crippen molar-refractivity contribution < 1.29 is 13.2 Å². The van der Waals surface area contributed by atoms with Gasteiger partial charge in [0.2, 0.25) is 0 Å². The number of aryl methyl sites for hydroxylation is 2. The van der Waals surface area contributed by atoms with Gasteiger partial charge in [0.15, 0.2) is 0 Å². The van der Waals surface area contributed by atoms with E-state index < -0.39 is 17.2 Å². The second-order valence-corrected chi connectivity index (χ2v) is 10.1. The van der Waals surface area contributed by atoms with Crippen LogP contribution in [0.5, 0.6) is 0 Å². The maximum atomic E-state index is 15.3. The predicted octanol–water partition coefficient (Wildman–Crippen LogP) is 9.16. The highest BCUT2D eigenvalue weighted by Gasteiger charge is 2.22. The number of fused-ring (bicyclic) bond motifs is 1. The van der Waals surface area contributed by atoms with Crippen molar-refractivity contribution in [3.8, 4) is 6.07 Å². The summed E-state index contributed by atoms with van der Waals surface area (Å²) in [7, 11) is 0. The van der Waals surface area contributed by atoms with Crippen LogP contribution in [0.25, 0.3) is 10.8 Å². The van der Waals surface area contributed by atoms with Gasteiger partial charge in [0.25, 0.3) is 0 Å². The standard InChI is InChI=1S/C31H34F3N/c1-2-3-4-5-6-21-7-10-23(11-8-21)25-15-16-27-26(19-25)14-13-24(31(27)34)12-9-22-17-29(32)28(20-35)30(33)18-22/h13-19,21,23H,2-12H2,1H3. The van der Waals surface area contributed by atoms with Gasteiger partial charge in [0, 0.05) is 5.39 Å². The van der Waals surface area contributed by atoms with Gasteiger partial charge in [0.1, 0.15) is 29.1 Å². The Balaban J connectivity index is 1.40. The molecule has 4 heteroatoms. The van der Waals surface area contributed by atoms with E-state index in [1.54, 1.807) is 6.07 Å². The monoisotopic (exact) mass is 477 g/mol. The average Bonchev–Trinajstić information content (AvgIpc) is 2.86. The van der Waals surface area contributed by atoms with Crippen LogP contribution in [0, 0.1) is 34.7 Å². The molecule has 0 atom stereocenters. The molecule has 1 aliphatic carbocycles. The van der Waals surface area contributed by atoms with Crippen LogP contribution in [-0.4, -0.2) is 0 Å². The second-order valence-electron chi connectivity index (χ2n) is 10.1. The smallest absolute Gasteiger partial charge is 0.144 e. The molecule has 0 unspecified atom stereocenters. The number of benzene rings is 3. The summed E-state index contributed by atoms with van der Waals surface area (Å²) in [6.07, 6.45) is 12.3. The van der Waals surface area contributed by atoms with E-state index in [2.05, 4.69) is 19.1 Å². The quantitative estimate of drug-likeness (QED) is 0.282. The summed E-state index contributed by atoms with van der Waals surface area (Å²) in [5, 5.41) is 10.3. The third kappa shape index (κ3) is 6.07. The molecule has 3 aromatic carbocycles. The van der Waals surface area contributed by atoms with Crippen LogP contribution in [0.1, 0.15) is 92.9 Å². The SMILES string of the molecule is CCCCCCC1CCC(c2ccc3c(F)c(CCc4cc(F)c(C#N)c(F)c4)ccc3c2)CC1. The number of nitrogens with zero attached hydrogens (tertiary/aromatic N) is 1. The van der Waals surface area contributed by atoms with Crippen LogP contribution < -0.4 is 0 Å². The van der Waals surface area contributed by atoms with Gasteiger partial charge >= 0.3 is 0 Å². The molecule has 35 heavy (non-hydrogen) atoms. The third-order valence-electron chi connectivity index (χ3n) is 7.74. The van der Waals surface area contributed by atoms with Crippen LogP contribution in [0.15, 0.2) is 42.5 Å². The van der Waals surface area contributed by atoms with Gasteiger partial charge in [-0.25, -0.2) is 13.2 Å². The highest BCUT2D eigenvalue weighted by molar-refractivity contribution is 5.84. The topological polar surface area (TPSA) is 23.8 Å². The Kier molecular flexibility index (Phi) is 8.50. The van der Waals surface area contributed by atoms with Crippen molar-refractivity contribution in [1.82, 2.24) is 0 Å². The van der Waals surface area contributed by atoms with E-state index in [0.717, 1.165) is 23.4 Å². The van der Waals surface area contributed by atoms with E-state index in [1.165, 1.54) is 69.4 Å². The van der Waals surface area contributed by atoms with Crippen molar-refractivity contribution >= 4 is 10.8 Å². The van der Waals surface area contributed by atoms with Gasteiger partial charge < -0.3 is 0 Å². The van der Waals surface area contributed by atoms with Gasteiger partial charge in [0.05, 0.1) is 0 Å². The molecule has 0 heterocycles. The first-order valence-electron chi connectivity index (χ1n) is 13.1. The fourth-order valence-electron chi connectivity index (χ4n) is 5.60. The van der Waals surface area contributed by atoms with Gasteiger partial charge in [-0.2, -0.15) is 5.26 Å². The molecule has 0 aliphatic heterocycles. The fraction of sp³-hybridized carbons (Fsp3) is 0.452. The van der Waals surface area contributed by atoms with Crippen molar-refractivity contribution in [3.63, 3.8) is 0 Å². The first-order chi connectivity index (χ1) is 17.0. The molecular formula is C31H34F3N. The molecule has 1 saturated carbocycles. The van der Waals surface area contributed by atoms with Crippen molar-refractivity contribution in [1.29, 1.82) is 5.26 Å². The maximum Gasteiger partial charge on any atom is 0.144 e. The van der Waals surface area contributed by atoms with Crippen molar-refractivity contribution in [2.24, 2.45) is 5.92 Å². The van der Waals surface area contributed by atoms with Crippen LogP contribution >= 0.6 is 0 Å². The summed E-state index contributed by atoms with van der Waals surface area (Å²) < 4.78 is 43.0. The summed E-state index contributed by atoms with van der Waals surface area (Å²) in [4.78, 5) is 0. The fourth-order valence-corrected chi connectivity index (χ4v) is 5.60. The van der Waals surface area contributed by atoms with E-state index in [9.17, 15) is 8.78 Å². The maximum absolute atomic E-state index is 15.3. The van der Waals surface area contributed by atoms with Crippen molar-refractivity contribution in [2.75, 3.05) is 0 Å². The first kappa shape index (κ1) is 25.3.